The van der Waals surface area contributed by atoms with Crippen molar-refractivity contribution in [2.45, 2.75) is 123 Å². The van der Waals surface area contributed by atoms with Crippen molar-refractivity contribution < 1.29 is 14.4 Å². The van der Waals surface area contributed by atoms with E-state index in [1.807, 2.05) is 0 Å². The van der Waals surface area contributed by atoms with Crippen LogP contribution in [0.1, 0.15) is 123 Å². The Morgan fingerprint density at radius 1 is 0.571 bits per heavy atom. The van der Waals surface area contributed by atoms with Crippen molar-refractivity contribution >= 4 is 18.5 Å². The fraction of sp³-hybridized carbons (Fsp3) is 0.897. The first kappa shape index (κ1) is 33.7. The quantitative estimate of drug-likeness (QED) is 0.110. The van der Waals surface area contributed by atoms with Crippen LogP contribution in [0.25, 0.3) is 0 Å². The lowest BCUT2D eigenvalue weighted by molar-refractivity contribution is -0.121. The van der Waals surface area contributed by atoms with Gasteiger partial charge in [0.15, 0.2) is 0 Å². The third-order valence-corrected chi connectivity index (χ3v) is 6.60. The summed E-state index contributed by atoms with van der Waals surface area (Å²) in [5.41, 5.74) is 0. The molecule has 1 N–H and O–H groups in total. The van der Waals surface area contributed by atoms with Crippen LogP contribution in [0.15, 0.2) is 0 Å². The number of aldehydes is 2. The highest BCUT2D eigenvalue weighted by molar-refractivity contribution is 5.75. The normalized spacial score (nSPS) is 11.3. The molecule has 0 spiro atoms. The lowest BCUT2D eigenvalue weighted by Crippen LogP contribution is -2.37. The highest BCUT2D eigenvalue weighted by atomic mass is 16.1. The average molecular weight is 496 g/mol. The minimum Gasteiger partial charge on any atom is -0.356 e. The third-order valence-electron chi connectivity index (χ3n) is 6.60. The summed E-state index contributed by atoms with van der Waals surface area (Å²) in [6, 6.07) is 0. The minimum absolute atomic E-state index is 0.212. The van der Waals surface area contributed by atoms with Gasteiger partial charge in [-0.15, -0.1) is 0 Å². The molecule has 0 aliphatic carbocycles. The molecule has 0 fully saturated rings. The predicted octanol–water partition coefficient (Wildman–Crippen LogP) is 5.78. The number of amides is 1. The highest BCUT2D eigenvalue weighted by Crippen LogP contribution is 2.07. The number of carbonyl (C=O) groups is 3. The molecule has 0 aliphatic rings. The molecule has 0 saturated heterocycles. The first-order chi connectivity index (χ1) is 17.2. The van der Waals surface area contributed by atoms with Crippen LogP contribution in [0.3, 0.4) is 0 Å². The minimum atomic E-state index is 0.212. The van der Waals surface area contributed by atoms with Crippen LogP contribution in [0.5, 0.6) is 0 Å². The predicted molar refractivity (Wildman–Crippen MR) is 148 cm³/mol. The fourth-order valence-electron chi connectivity index (χ4n) is 4.42. The summed E-state index contributed by atoms with van der Waals surface area (Å²) in [5.74, 6) is 0.212. The summed E-state index contributed by atoms with van der Waals surface area (Å²) in [5, 5.41) is 3.10. The number of rotatable bonds is 28. The van der Waals surface area contributed by atoms with Gasteiger partial charge in [0.2, 0.25) is 5.91 Å². The van der Waals surface area contributed by atoms with E-state index in [0.717, 1.165) is 123 Å². The second kappa shape index (κ2) is 27.3. The molecular weight excluding hydrogens is 438 g/mol. The molecule has 0 rings (SSSR count). The van der Waals surface area contributed by atoms with Crippen molar-refractivity contribution in [2.24, 2.45) is 0 Å². The van der Waals surface area contributed by atoms with Gasteiger partial charge in [-0.3, -0.25) is 4.79 Å². The molecule has 0 aromatic carbocycles. The molecule has 0 bridgehead atoms. The zero-order valence-electron chi connectivity index (χ0n) is 23.2. The van der Waals surface area contributed by atoms with Crippen LogP contribution >= 0.6 is 0 Å². The number of hydrogen-bond acceptors (Lipinski definition) is 5. The SMILES string of the molecule is CCCCCCCC(=O)NCCCCN(CCC)CCN(CCCCCC=O)CCCCCC=O. The van der Waals surface area contributed by atoms with Gasteiger partial charge in [0, 0.05) is 38.9 Å². The van der Waals surface area contributed by atoms with E-state index in [-0.39, 0.29) is 5.91 Å². The van der Waals surface area contributed by atoms with Crippen LogP contribution in [-0.2, 0) is 14.4 Å². The van der Waals surface area contributed by atoms with Crippen molar-refractivity contribution in [2.75, 3.05) is 45.8 Å². The molecule has 0 radical (unpaired) electrons. The van der Waals surface area contributed by atoms with E-state index in [0.29, 0.717) is 19.3 Å². The molecule has 0 aromatic rings. The molecule has 0 aromatic heterocycles. The van der Waals surface area contributed by atoms with Gasteiger partial charge in [0.25, 0.3) is 0 Å². The largest absolute Gasteiger partial charge is 0.356 e. The van der Waals surface area contributed by atoms with Gasteiger partial charge >= 0.3 is 0 Å². The van der Waals surface area contributed by atoms with Crippen LogP contribution in [0, 0.1) is 0 Å². The molecule has 0 heterocycles. The first-order valence-electron chi connectivity index (χ1n) is 14.8. The highest BCUT2D eigenvalue weighted by Gasteiger charge is 2.09. The van der Waals surface area contributed by atoms with Gasteiger partial charge in [-0.05, 0) is 77.5 Å². The summed E-state index contributed by atoms with van der Waals surface area (Å²) in [7, 11) is 0. The lowest BCUT2D eigenvalue weighted by atomic mass is 10.1. The molecule has 6 heteroatoms. The number of carbonyl (C=O) groups excluding carboxylic acids is 3. The van der Waals surface area contributed by atoms with Gasteiger partial charge in [0.05, 0.1) is 0 Å². The molecular formula is C29H57N3O3. The van der Waals surface area contributed by atoms with Crippen LogP contribution in [0.2, 0.25) is 0 Å². The Balaban J connectivity index is 4.18. The van der Waals surface area contributed by atoms with Gasteiger partial charge in [-0.25, -0.2) is 0 Å². The topological polar surface area (TPSA) is 69.7 Å². The molecule has 35 heavy (non-hydrogen) atoms. The second-order valence-corrected chi connectivity index (χ2v) is 9.94. The van der Waals surface area contributed by atoms with E-state index in [2.05, 4.69) is 29.0 Å². The summed E-state index contributed by atoms with van der Waals surface area (Å²) in [6.07, 6.45) is 19.8. The summed E-state index contributed by atoms with van der Waals surface area (Å²) in [4.78, 5) is 38.2. The molecule has 0 unspecified atom stereocenters. The summed E-state index contributed by atoms with van der Waals surface area (Å²) < 4.78 is 0. The molecule has 6 nitrogen and oxygen atoms in total. The van der Waals surface area contributed by atoms with E-state index in [1.54, 1.807) is 0 Å². The number of nitrogens with one attached hydrogen (secondary N) is 1. The van der Waals surface area contributed by atoms with Gasteiger partial charge in [0.1, 0.15) is 12.6 Å². The fourth-order valence-corrected chi connectivity index (χ4v) is 4.42. The van der Waals surface area contributed by atoms with Crippen LogP contribution in [-0.4, -0.2) is 74.1 Å². The van der Waals surface area contributed by atoms with Gasteiger partial charge in [-0.2, -0.15) is 0 Å². The number of unbranched alkanes of at least 4 members (excludes halogenated alkanes) is 11. The van der Waals surface area contributed by atoms with E-state index in [9.17, 15) is 14.4 Å². The third kappa shape index (κ3) is 24.2. The Morgan fingerprint density at radius 2 is 1.09 bits per heavy atom. The van der Waals surface area contributed by atoms with Crippen LogP contribution in [0.4, 0.5) is 0 Å². The van der Waals surface area contributed by atoms with Crippen LogP contribution < -0.4 is 5.32 Å². The number of nitrogens with zero attached hydrogens (tertiary/aromatic N) is 2. The van der Waals surface area contributed by atoms with E-state index >= 15 is 0 Å². The van der Waals surface area contributed by atoms with Crippen molar-refractivity contribution in [1.29, 1.82) is 0 Å². The summed E-state index contributed by atoms with van der Waals surface area (Å²) in [6.45, 7) is 11.8. The summed E-state index contributed by atoms with van der Waals surface area (Å²) >= 11 is 0. The zero-order valence-corrected chi connectivity index (χ0v) is 23.2. The Kier molecular flexibility index (Phi) is 26.3. The molecule has 1 amide bonds. The van der Waals surface area contributed by atoms with Crippen molar-refractivity contribution in [3.8, 4) is 0 Å². The maximum absolute atomic E-state index is 12.0. The first-order valence-corrected chi connectivity index (χ1v) is 14.8. The van der Waals surface area contributed by atoms with E-state index in [4.69, 9.17) is 0 Å². The van der Waals surface area contributed by atoms with E-state index in [1.165, 1.54) is 25.7 Å². The number of hydrogen-bond donors (Lipinski definition) is 1. The lowest BCUT2D eigenvalue weighted by Gasteiger charge is -2.28. The Morgan fingerprint density at radius 3 is 1.63 bits per heavy atom. The Bertz CT molecular complexity index is 470. The molecule has 206 valence electrons. The molecule has 0 saturated carbocycles. The standard InChI is InChI=1S/C29H57N3O3/c1-3-5-6-7-12-19-29(35)30-20-13-16-24-31(21-4-2)25-26-32(22-14-8-10-17-27-33)23-15-9-11-18-28-34/h27-28H,3-26H2,1-2H3,(H,30,35). The van der Waals surface area contributed by atoms with Crippen molar-refractivity contribution in [3.05, 3.63) is 0 Å². The maximum Gasteiger partial charge on any atom is 0.219 e. The van der Waals surface area contributed by atoms with E-state index < -0.39 is 0 Å². The molecule has 0 aliphatic heterocycles. The van der Waals surface area contributed by atoms with Crippen molar-refractivity contribution in [1.82, 2.24) is 15.1 Å². The maximum atomic E-state index is 12.0. The zero-order chi connectivity index (χ0) is 25.8. The Labute approximate surface area is 217 Å². The van der Waals surface area contributed by atoms with Gasteiger partial charge in [-0.1, -0.05) is 52.4 Å². The Hall–Kier alpha value is -1.27. The average Bonchev–Trinajstić information content (AvgIpc) is 2.85. The second-order valence-electron chi connectivity index (χ2n) is 9.94. The smallest absolute Gasteiger partial charge is 0.219 e. The van der Waals surface area contributed by atoms with Crippen molar-refractivity contribution in [3.63, 3.8) is 0 Å². The monoisotopic (exact) mass is 495 g/mol. The molecule has 0 atom stereocenters. The van der Waals surface area contributed by atoms with Gasteiger partial charge < -0.3 is 24.7 Å².